The minimum atomic E-state index is -0.0331. The summed E-state index contributed by atoms with van der Waals surface area (Å²) in [6.45, 7) is 1.09. The number of carbonyl (C=O) groups excluding carboxylic acids is 1. The van der Waals surface area contributed by atoms with E-state index in [-0.39, 0.29) is 12.5 Å². The molecule has 0 saturated carbocycles. The average molecular weight is 421 g/mol. The van der Waals surface area contributed by atoms with Crippen LogP contribution in [0, 0.1) is 0 Å². The lowest BCUT2D eigenvalue weighted by molar-refractivity contribution is -0.128. The monoisotopic (exact) mass is 420 g/mol. The molecule has 0 bridgehead atoms. The van der Waals surface area contributed by atoms with Crippen LogP contribution in [0.25, 0.3) is 0 Å². The zero-order valence-corrected chi connectivity index (χ0v) is 18.1. The van der Waals surface area contributed by atoms with Gasteiger partial charge in [0.15, 0.2) is 11.5 Å². The van der Waals surface area contributed by atoms with Gasteiger partial charge in [0.2, 0.25) is 5.91 Å². The average Bonchev–Trinajstić information content (AvgIpc) is 2.82. The Bertz CT molecular complexity index is 992. The number of ether oxygens (including phenoxy) is 3. The third kappa shape index (κ3) is 6.15. The van der Waals surface area contributed by atoms with Crippen molar-refractivity contribution < 1.29 is 19.0 Å². The number of likely N-dealkylation sites (N-methyl/N-ethyl adjacent to an activating group) is 1. The molecule has 31 heavy (non-hydrogen) atoms. The van der Waals surface area contributed by atoms with Gasteiger partial charge in [-0.3, -0.25) is 4.79 Å². The van der Waals surface area contributed by atoms with Gasteiger partial charge in [-0.25, -0.2) is 0 Å². The molecule has 0 atom stereocenters. The van der Waals surface area contributed by atoms with Crippen LogP contribution in [0.2, 0.25) is 0 Å². The van der Waals surface area contributed by atoms with Crippen LogP contribution in [0.1, 0.15) is 11.1 Å². The van der Waals surface area contributed by atoms with E-state index in [2.05, 4.69) is 5.32 Å². The highest BCUT2D eigenvalue weighted by molar-refractivity contribution is 5.81. The highest BCUT2D eigenvalue weighted by Gasteiger charge is 2.13. The third-order valence-electron chi connectivity index (χ3n) is 4.85. The van der Waals surface area contributed by atoms with Gasteiger partial charge in [0.05, 0.1) is 26.5 Å². The van der Waals surface area contributed by atoms with E-state index in [1.165, 1.54) is 0 Å². The van der Waals surface area contributed by atoms with Gasteiger partial charge in [0.1, 0.15) is 12.4 Å². The summed E-state index contributed by atoms with van der Waals surface area (Å²) in [6.07, 6.45) is 0. The molecule has 1 amide bonds. The molecular formula is C25H28N2O4. The first-order valence-corrected chi connectivity index (χ1v) is 10.0. The number of methoxy groups -OCH3 is 2. The molecule has 0 aliphatic carbocycles. The Kier molecular flexibility index (Phi) is 7.76. The van der Waals surface area contributed by atoms with Gasteiger partial charge in [-0.05, 0) is 35.4 Å². The van der Waals surface area contributed by atoms with Crippen molar-refractivity contribution in [3.63, 3.8) is 0 Å². The zero-order valence-electron chi connectivity index (χ0n) is 18.1. The van der Waals surface area contributed by atoms with Crippen LogP contribution in [0.15, 0.2) is 72.8 Å². The van der Waals surface area contributed by atoms with E-state index in [9.17, 15) is 4.79 Å². The van der Waals surface area contributed by atoms with E-state index < -0.39 is 0 Å². The lowest BCUT2D eigenvalue weighted by Gasteiger charge is -2.19. The first-order valence-electron chi connectivity index (χ1n) is 10.0. The minimum absolute atomic E-state index is 0.0331. The molecule has 0 unspecified atom stereocenters. The van der Waals surface area contributed by atoms with Gasteiger partial charge in [-0.2, -0.15) is 0 Å². The third-order valence-corrected chi connectivity index (χ3v) is 4.85. The normalized spacial score (nSPS) is 10.3. The van der Waals surface area contributed by atoms with Crippen molar-refractivity contribution in [3.8, 4) is 17.2 Å². The number of rotatable bonds is 10. The highest BCUT2D eigenvalue weighted by Crippen LogP contribution is 2.29. The van der Waals surface area contributed by atoms with Crippen molar-refractivity contribution in [1.29, 1.82) is 0 Å². The SMILES string of the molecule is COc1ccccc1NCC(=O)N(C)Cc1ccc(OCc2ccccc2)c(OC)c1. The van der Waals surface area contributed by atoms with Crippen LogP contribution >= 0.6 is 0 Å². The molecule has 0 aliphatic heterocycles. The molecule has 1 N–H and O–H groups in total. The first-order chi connectivity index (χ1) is 15.1. The molecule has 6 heteroatoms. The molecular weight excluding hydrogens is 392 g/mol. The van der Waals surface area contributed by atoms with Gasteiger partial charge in [-0.15, -0.1) is 0 Å². The molecule has 162 valence electrons. The Hall–Kier alpha value is -3.67. The topological polar surface area (TPSA) is 60.0 Å². The zero-order chi connectivity index (χ0) is 22.1. The maximum absolute atomic E-state index is 12.6. The van der Waals surface area contributed by atoms with Gasteiger partial charge < -0.3 is 24.4 Å². The largest absolute Gasteiger partial charge is 0.495 e. The Morgan fingerprint density at radius 1 is 0.839 bits per heavy atom. The highest BCUT2D eigenvalue weighted by atomic mass is 16.5. The number of carbonyl (C=O) groups is 1. The Labute approximate surface area is 183 Å². The number of amides is 1. The number of nitrogens with one attached hydrogen (secondary N) is 1. The van der Waals surface area contributed by atoms with Crippen LogP contribution < -0.4 is 19.5 Å². The molecule has 3 aromatic carbocycles. The first kappa shape index (κ1) is 22.0. The lowest BCUT2D eigenvalue weighted by atomic mass is 10.2. The van der Waals surface area contributed by atoms with Crippen molar-refractivity contribution in [2.45, 2.75) is 13.2 Å². The van der Waals surface area contributed by atoms with Gasteiger partial charge in [0.25, 0.3) is 0 Å². The molecule has 0 heterocycles. The van der Waals surface area contributed by atoms with E-state index >= 15 is 0 Å². The predicted octanol–water partition coefficient (Wildman–Crippen LogP) is 4.35. The minimum Gasteiger partial charge on any atom is -0.495 e. The number of hydrogen-bond donors (Lipinski definition) is 1. The van der Waals surface area contributed by atoms with Crippen molar-refractivity contribution in [2.75, 3.05) is 33.1 Å². The van der Waals surface area contributed by atoms with E-state index in [1.54, 1.807) is 26.2 Å². The summed E-state index contributed by atoms with van der Waals surface area (Å²) in [5, 5.41) is 3.13. The predicted molar refractivity (Wildman–Crippen MR) is 122 cm³/mol. The summed E-state index contributed by atoms with van der Waals surface area (Å²) in [7, 11) is 4.99. The van der Waals surface area contributed by atoms with E-state index in [1.807, 2.05) is 72.8 Å². The summed E-state index contributed by atoms with van der Waals surface area (Å²) in [4.78, 5) is 14.2. The maximum atomic E-state index is 12.6. The van der Waals surface area contributed by atoms with Crippen LogP contribution in [0.3, 0.4) is 0 Å². The van der Waals surface area contributed by atoms with Crippen LogP contribution in [0.4, 0.5) is 5.69 Å². The molecule has 0 aliphatic rings. The van der Waals surface area contributed by atoms with E-state index in [0.29, 0.717) is 30.4 Å². The standard InChI is InChI=1S/C25H28N2O4/c1-27(25(28)16-26-21-11-7-8-12-22(21)29-2)17-20-13-14-23(24(15-20)30-3)31-18-19-9-5-4-6-10-19/h4-15,26H,16-18H2,1-3H3. The second-order valence-corrected chi connectivity index (χ2v) is 7.06. The molecule has 3 rings (SSSR count). The fraction of sp³-hybridized carbons (Fsp3) is 0.240. The smallest absolute Gasteiger partial charge is 0.241 e. The molecule has 0 aromatic heterocycles. The van der Waals surface area contributed by atoms with Gasteiger partial charge in [-0.1, -0.05) is 48.5 Å². The van der Waals surface area contributed by atoms with Gasteiger partial charge >= 0.3 is 0 Å². The summed E-state index contributed by atoms with van der Waals surface area (Å²) >= 11 is 0. The van der Waals surface area contributed by atoms with Crippen LogP contribution in [0.5, 0.6) is 17.2 Å². The second-order valence-electron chi connectivity index (χ2n) is 7.06. The number of nitrogens with zero attached hydrogens (tertiary/aromatic N) is 1. The van der Waals surface area contributed by atoms with Gasteiger partial charge in [0, 0.05) is 13.6 Å². The number of anilines is 1. The number of hydrogen-bond acceptors (Lipinski definition) is 5. The van der Waals surface area contributed by atoms with Crippen molar-refractivity contribution in [3.05, 3.63) is 83.9 Å². The summed E-state index contributed by atoms with van der Waals surface area (Å²) in [5.41, 5.74) is 2.83. The summed E-state index contributed by atoms with van der Waals surface area (Å²) < 4.78 is 16.7. The molecule has 3 aromatic rings. The van der Waals surface area contributed by atoms with Crippen LogP contribution in [-0.4, -0.2) is 38.6 Å². The van der Waals surface area contributed by atoms with Crippen LogP contribution in [-0.2, 0) is 17.9 Å². The molecule has 0 spiro atoms. The van der Waals surface area contributed by atoms with Crippen molar-refractivity contribution >= 4 is 11.6 Å². The Balaban J connectivity index is 1.57. The summed E-state index contributed by atoms with van der Waals surface area (Å²) in [6, 6.07) is 23.2. The number of benzene rings is 3. The lowest BCUT2D eigenvalue weighted by Crippen LogP contribution is -2.31. The molecule has 0 saturated heterocycles. The Morgan fingerprint density at radius 3 is 2.29 bits per heavy atom. The fourth-order valence-electron chi connectivity index (χ4n) is 3.12. The van der Waals surface area contributed by atoms with E-state index in [0.717, 1.165) is 16.8 Å². The summed E-state index contributed by atoms with van der Waals surface area (Å²) in [5.74, 6) is 1.98. The quantitative estimate of drug-likeness (QED) is 0.528. The van der Waals surface area contributed by atoms with Crippen molar-refractivity contribution in [1.82, 2.24) is 4.90 Å². The van der Waals surface area contributed by atoms with E-state index in [4.69, 9.17) is 14.2 Å². The molecule has 0 fully saturated rings. The van der Waals surface area contributed by atoms with Crippen molar-refractivity contribution in [2.24, 2.45) is 0 Å². The maximum Gasteiger partial charge on any atom is 0.241 e. The molecule has 6 nitrogen and oxygen atoms in total. The second kappa shape index (κ2) is 10.9. The Morgan fingerprint density at radius 2 is 1.55 bits per heavy atom. The molecule has 0 radical (unpaired) electrons. The number of para-hydroxylation sites is 2. The fourth-order valence-corrected chi connectivity index (χ4v) is 3.12.